The lowest BCUT2D eigenvalue weighted by atomic mass is 9.92. The van der Waals surface area contributed by atoms with E-state index in [1.165, 1.54) is 6.07 Å². The Morgan fingerprint density at radius 2 is 1.84 bits per heavy atom. The molecule has 0 bridgehead atoms. The lowest BCUT2D eigenvalue weighted by Crippen LogP contribution is -2.27. The van der Waals surface area contributed by atoms with E-state index in [-0.39, 0.29) is 11.5 Å². The van der Waals surface area contributed by atoms with Crippen molar-refractivity contribution in [1.29, 1.82) is 0 Å². The Morgan fingerprint density at radius 3 is 2.53 bits per heavy atom. The zero-order chi connectivity index (χ0) is 23.1. The lowest BCUT2D eigenvalue weighted by Gasteiger charge is -2.14. The number of hydrogen-bond acceptors (Lipinski definition) is 5. The van der Waals surface area contributed by atoms with Crippen molar-refractivity contribution in [2.75, 3.05) is 24.1 Å². The number of carboxylic acids is 1. The molecule has 7 heteroatoms. The van der Waals surface area contributed by atoms with Crippen LogP contribution in [0.25, 0.3) is 11.1 Å². The van der Waals surface area contributed by atoms with Crippen LogP contribution in [0.2, 0.25) is 0 Å². The minimum atomic E-state index is -1.07. The maximum Gasteiger partial charge on any atom is 0.336 e. The Balaban J connectivity index is 1.83. The predicted octanol–water partition coefficient (Wildman–Crippen LogP) is 4.07. The third kappa shape index (κ3) is 5.85. The maximum absolute atomic E-state index is 12.4. The maximum atomic E-state index is 12.4. The molecule has 0 atom stereocenters. The number of benzene rings is 2. The molecule has 3 aromatic rings. The number of carbonyl (C=O) groups excluding carboxylic acids is 1. The summed E-state index contributed by atoms with van der Waals surface area (Å²) in [6.45, 7) is 5.17. The molecule has 0 saturated heterocycles. The summed E-state index contributed by atoms with van der Waals surface area (Å²) in [4.78, 5) is 28.5. The number of rotatable bonds is 9. The first kappa shape index (κ1) is 22.8. The smallest absolute Gasteiger partial charge is 0.336 e. The highest BCUT2D eigenvalue weighted by atomic mass is 16.4. The van der Waals surface area contributed by atoms with Crippen molar-refractivity contribution < 1.29 is 14.7 Å². The highest BCUT2D eigenvalue weighted by Crippen LogP contribution is 2.29. The zero-order valence-electron chi connectivity index (χ0n) is 18.3. The Kier molecular flexibility index (Phi) is 7.44. The van der Waals surface area contributed by atoms with Crippen molar-refractivity contribution in [3.63, 3.8) is 0 Å². The number of carbonyl (C=O) groups is 2. The second-order valence-electron chi connectivity index (χ2n) is 7.98. The second kappa shape index (κ2) is 10.4. The fraction of sp³-hybridized carbons (Fsp3) is 0.240. The highest BCUT2D eigenvalue weighted by molar-refractivity contribution is 6.01. The van der Waals surface area contributed by atoms with Gasteiger partial charge in [0.2, 0.25) is 0 Å². The average Bonchev–Trinajstić information content (AvgIpc) is 2.78. The normalized spacial score (nSPS) is 10.7. The first-order chi connectivity index (χ1) is 15.3. The van der Waals surface area contributed by atoms with Gasteiger partial charge in [0.05, 0.1) is 17.4 Å². The van der Waals surface area contributed by atoms with Gasteiger partial charge < -0.3 is 21.5 Å². The van der Waals surface area contributed by atoms with Gasteiger partial charge in [-0.2, -0.15) is 0 Å². The molecule has 5 N–H and O–H groups in total. The summed E-state index contributed by atoms with van der Waals surface area (Å²) in [6, 6.07) is 16.1. The minimum Gasteiger partial charge on any atom is -0.478 e. The number of nitrogens with two attached hydrogens (primary N) is 1. The van der Waals surface area contributed by atoms with Crippen LogP contribution in [0.15, 0.2) is 60.8 Å². The molecule has 166 valence electrons. The number of hydrogen-bond donors (Lipinski definition) is 4. The van der Waals surface area contributed by atoms with Gasteiger partial charge in [0.15, 0.2) is 0 Å². The number of aromatic nitrogens is 1. The molecule has 0 aliphatic heterocycles. The van der Waals surface area contributed by atoms with Crippen molar-refractivity contribution in [2.45, 2.75) is 20.3 Å². The fourth-order valence-corrected chi connectivity index (χ4v) is 3.35. The minimum absolute atomic E-state index is 0.102. The van der Waals surface area contributed by atoms with Gasteiger partial charge in [-0.25, -0.2) is 9.78 Å². The van der Waals surface area contributed by atoms with E-state index >= 15 is 0 Å². The standard InChI is InChI=1S/C25H28N4O3/c1-16(2)14-29-24(30)18-7-9-21(22(13-18)25(31)32)20-6-4-3-5-17(20)11-12-27-19-8-10-23(26)28-15-19/h3-10,13,15-16,27H,11-12,14H2,1-2H3,(H2,26,28)(H,29,30)(H,31,32). The molecule has 1 heterocycles. The number of carboxylic acid groups (broad SMARTS) is 1. The number of nitrogens with one attached hydrogen (secondary N) is 2. The van der Waals surface area contributed by atoms with E-state index in [0.717, 1.165) is 16.8 Å². The van der Waals surface area contributed by atoms with Gasteiger partial charge in [0.25, 0.3) is 5.91 Å². The molecule has 3 rings (SSSR count). The summed E-state index contributed by atoms with van der Waals surface area (Å²) in [7, 11) is 0. The van der Waals surface area contributed by atoms with E-state index in [1.54, 1.807) is 24.4 Å². The summed E-state index contributed by atoms with van der Waals surface area (Å²) >= 11 is 0. The molecule has 2 aromatic carbocycles. The molecule has 0 fully saturated rings. The molecule has 0 unspecified atom stereocenters. The van der Waals surface area contributed by atoms with Crippen LogP contribution in [-0.4, -0.2) is 35.1 Å². The molecule has 1 aromatic heterocycles. The topological polar surface area (TPSA) is 117 Å². The van der Waals surface area contributed by atoms with Crippen LogP contribution < -0.4 is 16.4 Å². The average molecular weight is 433 g/mol. The third-order valence-corrected chi connectivity index (χ3v) is 5.00. The van der Waals surface area contributed by atoms with Crippen molar-refractivity contribution in [3.8, 4) is 11.1 Å². The molecule has 0 radical (unpaired) electrons. The molecular formula is C25H28N4O3. The summed E-state index contributed by atoms with van der Waals surface area (Å²) in [6.07, 6.45) is 2.35. The van der Waals surface area contributed by atoms with Crippen LogP contribution >= 0.6 is 0 Å². The van der Waals surface area contributed by atoms with Crippen LogP contribution in [0.3, 0.4) is 0 Å². The SMILES string of the molecule is CC(C)CNC(=O)c1ccc(-c2ccccc2CCNc2ccc(N)nc2)c(C(=O)O)c1. The number of amides is 1. The van der Waals surface area contributed by atoms with E-state index < -0.39 is 5.97 Å². The second-order valence-corrected chi connectivity index (χ2v) is 7.98. The number of aromatic carboxylic acids is 1. The Labute approximate surface area is 187 Å². The van der Waals surface area contributed by atoms with Crippen LogP contribution in [0.5, 0.6) is 0 Å². The predicted molar refractivity (Wildman–Crippen MR) is 127 cm³/mol. The van der Waals surface area contributed by atoms with Crippen LogP contribution in [0.1, 0.15) is 40.1 Å². The van der Waals surface area contributed by atoms with E-state index in [2.05, 4.69) is 15.6 Å². The number of nitrogens with zero attached hydrogens (tertiary/aromatic N) is 1. The van der Waals surface area contributed by atoms with Gasteiger partial charge in [0.1, 0.15) is 5.82 Å². The van der Waals surface area contributed by atoms with E-state index in [1.807, 2.05) is 44.2 Å². The van der Waals surface area contributed by atoms with Crippen molar-refractivity contribution in [1.82, 2.24) is 10.3 Å². The quantitative estimate of drug-likeness (QED) is 0.405. The first-order valence-electron chi connectivity index (χ1n) is 10.5. The van der Waals surface area contributed by atoms with Crippen LogP contribution in [0, 0.1) is 5.92 Å². The Morgan fingerprint density at radius 1 is 1.06 bits per heavy atom. The Bertz CT molecular complexity index is 1090. The fourth-order valence-electron chi connectivity index (χ4n) is 3.35. The molecule has 0 aliphatic carbocycles. The van der Waals surface area contributed by atoms with Gasteiger partial charge >= 0.3 is 5.97 Å². The Hall–Kier alpha value is -3.87. The van der Waals surface area contributed by atoms with Crippen molar-refractivity contribution in [2.24, 2.45) is 5.92 Å². The lowest BCUT2D eigenvalue weighted by molar-refractivity contribution is 0.0697. The van der Waals surface area contributed by atoms with Crippen LogP contribution in [0.4, 0.5) is 11.5 Å². The number of pyridine rings is 1. The molecular weight excluding hydrogens is 404 g/mol. The van der Waals surface area contributed by atoms with Crippen molar-refractivity contribution in [3.05, 3.63) is 77.5 Å². The molecule has 32 heavy (non-hydrogen) atoms. The zero-order valence-corrected chi connectivity index (χ0v) is 18.3. The molecule has 0 saturated carbocycles. The van der Waals surface area contributed by atoms with Crippen molar-refractivity contribution >= 4 is 23.4 Å². The summed E-state index contributed by atoms with van der Waals surface area (Å²) < 4.78 is 0. The largest absolute Gasteiger partial charge is 0.478 e. The first-order valence-corrected chi connectivity index (χ1v) is 10.5. The molecule has 0 aliphatic rings. The number of nitrogen functional groups attached to an aromatic ring is 1. The molecule has 7 nitrogen and oxygen atoms in total. The number of anilines is 2. The summed E-state index contributed by atoms with van der Waals surface area (Å²) in [5.74, 6) is -0.577. The monoisotopic (exact) mass is 432 g/mol. The summed E-state index contributed by atoms with van der Waals surface area (Å²) in [5, 5.41) is 16.0. The molecule has 0 spiro atoms. The van der Waals surface area contributed by atoms with E-state index in [4.69, 9.17) is 5.73 Å². The van der Waals surface area contributed by atoms with Gasteiger partial charge in [-0.15, -0.1) is 0 Å². The summed E-state index contributed by atoms with van der Waals surface area (Å²) in [5.41, 5.74) is 9.33. The van der Waals surface area contributed by atoms with E-state index in [9.17, 15) is 14.7 Å². The van der Waals surface area contributed by atoms with Crippen LogP contribution in [-0.2, 0) is 6.42 Å². The third-order valence-electron chi connectivity index (χ3n) is 5.00. The highest BCUT2D eigenvalue weighted by Gasteiger charge is 2.17. The van der Waals surface area contributed by atoms with Gasteiger partial charge in [-0.1, -0.05) is 44.2 Å². The molecule has 1 amide bonds. The van der Waals surface area contributed by atoms with Gasteiger partial charge in [-0.05, 0) is 53.3 Å². The van der Waals surface area contributed by atoms with E-state index in [0.29, 0.717) is 42.4 Å². The van der Waals surface area contributed by atoms with Gasteiger partial charge in [-0.3, -0.25) is 4.79 Å². The van der Waals surface area contributed by atoms with Gasteiger partial charge in [0, 0.05) is 18.7 Å².